The van der Waals surface area contributed by atoms with E-state index < -0.39 is 23.7 Å². The molecular formula is C17H23F3N2O2. The van der Waals surface area contributed by atoms with E-state index in [4.69, 9.17) is 5.11 Å². The largest absolute Gasteiger partial charge is 0.416 e. The molecular weight excluding hydrogens is 321 g/mol. The van der Waals surface area contributed by atoms with Crippen LogP contribution < -0.4 is 5.32 Å². The maximum absolute atomic E-state index is 13.1. The maximum Gasteiger partial charge on any atom is 0.416 e. The van der Waals surface area contributed by atoms with E-state index in [-0.39, 0.29) is 24.1 Å². The van der Waals surface area contributed by atoms with Gasteiger partial charge in [0, 0.05) is 37.6 Å². The molecule has 1 saturated heterocycles. The first kappa shape index (κ1) is 18.6. The van der Waals surface area contributed by atoms with E-state index in [0.29, 0.717) is 13.1 Å². The molecule has 0 aliphatic carbocycles. The van der Waals surface area contributed by atoms with Crippen molar-refractivity contribution in [2.24, 2.45) is 5.92 Å². The van der Waals surface area contributed by atoms with E-state index in [9.17, 15) is 18.0 Å². The number of amides is 2. The van der Waals surface area contributed by atoms with Crippen molar-refractivity contribution in [3.05, 3.63) is 35.4 Å². The van der Waals surface area contributed by atoms with Crippen LogP contribution in [0.3, 0.4) is 0 Å². The second kappa shape index (κ2) is 7.42. The number of alkyl halides is 3. The molecule has 0 aromatic heterocycles. The summed E-state index contributed by atoms with van der Waals surface area (Å²) in [6.07, 6.45) is -3.68. The topological polar surface area (TPSA) is 52.6 Å². The van der Waals surface area contributed by atoms with Crippen LogP contribution in [0.25, 0.3) is 0 Å². The van der Waals surface area contributed by atoms with Gasteiger partial charge in [-0.1, -0.05) is 25.1 Å². The third-order valence-corrected chi connectivity index (χ3v) is 4.69. The number of rotatable bonds is 4. The summed E-state index contributed by atoms with van der Waals surface area (Å²) in [7, 11) is 0. The fourth-order valence-electron chi connectivity index (χ4n) is 3.00. The Balaban J connectivity index is 2.05. The third-order valence-electron chi connectivity index (χ3n) is 4.69. The lowest BCUT2D eigenvalue weighted by Crippen LogP contribution is -2.44. The van der Waals surface area contributed by atoms with Gasteiger partial charge in [-0.3, -0.25) is 0 Å². The van der Waals surface area contributed by atoms with Crippen LogP contribution in [0.5, 0.6) is 0 Å². The third kappa shape index (κ3) is 4.20. The zero-order chi connectivity index (χ0) is 17.9. The second-order valence-corrected chi connectivity index (χ2v) is 6.40. The molecule has 2 N–H and O–H groups in total. The monoisotopic (exact) mass is 344 g/mol. The predicted molar refractivity (Wildman–Crippen MR) is 84.6 cm³/mol. The number of aliphatic hydroxyl groups is 1. The van der Waals surface area contributed by atoms with Crippen LogP contribution in [0.15, 0.2) is 24.3 Å². The lowest BCUT2D eigenvalue weighted by Gasteiger charge is -2.27. The summed E-state index contributed by atoms with van der Waals surface area (Å²) in [5.41, 5.74) is -0.493. The van der Waals surface area contributed by atoms with Crippen molar-refractivity contribution in [2.75, 3.05) is 19.7 Å². The molecule has 1 aromatic carbocycles. The Morgan fingerprint density at radius 1 is 1.38 bits per heavy atom. The lowest BCUT2D eigenvalue weighted by molar-refractivity contribution is -0.138. The van der Waals surface area contributed by atoms with E-state index in [1.165, 1.54) is 12.1 Å². The van der Waals surface area contributed by atoms with Crippen LogP contribution in [0.2, 0.25) is 0 Å². The molecule has 1 aromatic rings. The number of carbonyl (C=O) groups is 1. The summed E-state index contributed by atoms with van der Waals surface area (Å²) in [5, 5.41) is 11.9. The molecule has 1 aliphatic rings. The van der Waals surface area contributed by atoms with Gasteiger partial charge in [-0.25, -0.2) is 4.79 Å². The highest BCUT2D eigenvalue weighted by Crippen LogP contribution is 2.36. The molecule has 1 heterocycles. The quantitative estimate of drug-likeness (QED) is 0.881. The highest BCUT2D eigenvalue weighted by Gasteiger charge is 2.35. The van der Waals surface area contributed by atoms with Crippen molar-refractivity contribution in [1.29, 1.82) is 0 Å². The number of hydrogen-bond donors (Lipinski definition) is 2. The number of hydrogen-bond acceptors (Lipinski definition) is 2. The molecule has 4 nitrogen and oxygen atoms in total. The Hall–Kier alpha value is -1.76. The number of aliphatic hydroxyl groups excluding tert-OH is 1. The van der Waals surface area contributed by atoms with Crippen molar-refractivity contribution in [3.8, 4) is 0 Å². The van der Waals surface area contributed by atoms with Crippen LogP contribution in [0.1, 0.15) is 37.3 Å². The SMILES string of the molecule is CC(NC(=O)N1CCC(CO)C1)C(C)c1ccccc1C(F)(F)F. The molecule has 0 saturated carbocycles. The Morgan fingerprint density at radius 2 is 2.04 bits per heavy atom. The van der Waals surface area contributed by atoms with Gasteiger partial charge in [-0.05, 0) is 25.0 Å². The lowest BCUT2D eigenvalue weighted by atomic mass is 9.90. The number of carbonyl (C=O) groups excluding carboxylic acids is 1. The molecule has 7 heteroatoms. The molecule has 3 atom stereocenters. The fourth-order valence-corrected chi connectivity index (χ4v) is 3.00. The van der Waals surface area contributed by atoms with Gasteiger partial charge in [0.1, 0.15) is 0 Å². The second-order valence-electron chi connectivity index (χ2n) is 6.40. The Kier molecular flexibility index (Phi) is 5.74. The van der Waals surface area contributed by atoms with Crippen LogP contribution >= 0.6 is 0 Å². The van der Waals surface area contributed by atoms with E-state index in [1.807, 2.05) is 0 Å². The summed E-state index contributed by atoms with van der Waals surface area (Å²) < 4.78 is 39.4. The van der Waals surface area contributed by atoms with Gasteiger partial charge in [0.15, 0.2) is 0 Å². The Labute approximate surface area is 139 Å². The Bertz CT molecular complexity index is 577. The first-order valence-electron chi connectivity index (χ1n) is 8.06. The van der Waals surface area contributed by atoms with Crippen LogP contribution in [0, 0.1) is 5.92 Å². The van der Waals surface area contributed by atoms with E-state index >= 15 is 0 Å². The number of nitrogens with one attached hydrogen (secondary N) is 1. The van der Waals surface area contributed by atoms with Gasteiger partial charge >= 0.3 is 12.2 Å². The van der Waals surface area contributed by atoms with Crippen molar-refractivity contribution in [3.63, 3.8) is 0 Å². The zero-order valence-electron chi connectivity index (χ0n) is 13.8. The van der Waals surface area contributed by atoms with Gasteiger partial charge in [-0.2, -0.15) is 13.2 Å². The number of likely N-dealkylation sites (tertiary alicyclic amines) is 1. The average molecular weight is 344 g/mol. The summed E-state index contributed by atoms with van der Waals surface area (Å²) in [5.74, 6) is -0.405. The molecule has 0 bridgehead atoms. The average Bonchev–Trinajstić information content (AvgIpc) is 3.02. The summed E-state index contributed by atoms with van der Waals surface area (Å²) >= 11 is 0. The van der Waals surface area contributed by atoms with Gasteiger partial charge < -0.3 is 15.3 Å². The van der Waals surface area contributed by atoms with Crippen LogP contribution in [0.4, 0.5) is 18.0 Å². The molecule has 3 unspecified atom stereocenters. The highest BCUT2D eigenvalue weighted by molar-refractivity contribution is 5.75. The van der Waals surface area contributed by atoms with Crippen molar-refractivity contribution >= 4 is 6.03 Å². The maximum atomic E-state index is 13.1. The van der Waals surface area contributed by atoms with Gasteiger partial charge in [0.2, 0.25) is 0 Å². The van der Waals surface area contributed by atoms with Gasteiger partial charge in [0.05, 0.1) is 5.56 Å². The smallest absolute Gasteiger partial charge is 0.396 e. The molecule has 2 rings (SSSR count). The number of nitrogens with zero attached hydrogens (tertiary/aromatic N) is 1. The fraction of sp³-hybridized carbons (Fsp3) is 0.588. The highest BCUT2D eigenvalue weighted by atomic mass is 19.4. The minimum Gasteiger partial charge on any atom is -0.396 e. The van der Waals surface area contributed by atoms with Crippen LogP contribution in [-0.2, 0) is 6.18 Å². The Morgan fingerprint density at radius 3 is 2.62 bits per heavy atom. The number of benzene rings is 1. The summed E-state index contributed by atoms with van der Waals surface area (Å²) in [6, 6.07) is 4.70. The van der Waals surface area contributed by atoms with Crippen molar-refractivity contribution in [2.45, 2.75) is 38.4 Å². The predicted octanol–water partition coefficient (Wildman–Crippen LogP) is 3.22. The molecule has 2 amide bonds. The van der Waals surface area contributed by atoms with E-state index in [1.54, 1.807) is 24.8 Å². The van der Waals surface area contributed by atoms with Crippen molar-refractivity contribution in [1.82, 2.24) is 10.2 Å². The normalized spacial score (nSPS) is 20.8. The van der Waals surface area contributed by atoms with Crippen LogP contribution in [-0.4, -0.2) is 41.8 Å². The molecule has 0 spiro atoms. The number of halogens is 3. The summed E-state index contributed by atoms with van der Waals surface area (Å²) in [6.45, 7) is 4.44. The summed E-state index contributed by atoms with van der Waals surface area (Å²) in [4.78, 5) is 13.8. The minimum absolute atomic E-state index is 0.0364. The molecule has 1 aliphatic heterocycles. The zero-order valence-corrected chi connectivity index (χ0v) is 13.8. The molecule has 134 valence electrons. The minimum atomic E-state index is -4.42. The molecule has 24 heavy (non-hydrogen) atoms. The first-order valence-corrected chi connectivity index (χ1v) is 8.06. The van der Waals surface area contributed by atoms with Gasteiger partial charge in [0.25, 0.3) is 0 Å². The number of urea groups is 1. The van der Waals surface area contributed by atoms with E-state index in [2.05, 4.69) is 5.32 Å². The molecule has 0 radical (unpaired) electrons. The first-order chi connectivity index (χ1) is 11.2. The van der Waals surface area contributed by atoms with Crippen molar-refractivity contribution < 1.29 is 23.1 Å². The standard InChI is InChI=1S/C17H23F3N2O2/c1-11(14-5-3-4-6-15(14)17(18,19)20)12(2)21-16(24)22-8-7-13(9-22)10-23/h3-6,11-13,23H,7-10H2,1-2H3,(H,21,24). The van der Waals surface area contributed by atoms with Gasteiger partial charge in [-0.15, -0.1) is 0 Å². The van der Waals surface area contributed by atoms with E-state index in [0.717, 1.165) is 12.5 Å². The molecule has 1 fully saturated rings.